The van der Waals surface area contributed by atoms with Gasteiger partial charge in [-0.15, -0.1) is 0 Å². The zero-order valence-corrected chi connectivity index (χ0v) is 6.45. The van der Waals surface area contributed by atoms with Crippen LogP contribution in [0.1, 0.15) is 12.8 Å². The lowest BCUT2D eigenvalue weighted by Gasteiger charge is -2.06. The molecule has 3 heteroatoms. The van der Waals surface area contributed by atoms with Gasteiger partial charge in [-0.2, -0.15) is 0 Å². The van der Waals surface area contributed by atoms with Crippen LogP contribution < -0.4 is 0 Å². The standard InChI is InChI=1S/C6H8Cl2O/c7-6(8)4-2-1-3-9-5(4)6/h4-5H,1-3H2/t4-,5+/m0/s1. The van der Waals surface area contributed by atoms with E-state index in [1.165, 1.54) is 0 Å². The normalized spacial score (nSPS) is 46.0. The molecule has 2 rings (SSSR count). The molecule has 2 atom stereocenters. The van der Waals surface area contributed by atoms with Crippen molar-refractivity contribution in [2.24, 2.45) is 5.92 Å². The maximum Gasteiger partial charge on any atom is 0.149 e. The van der Waals surface area contributed by atoms with E-state index in [9.17, 15) is 0 Å². The van der Waals surface area contributed by atoms with Crippen molar-refractivity contribution < 1.29 is 4.74 Å². The van der Waals surface area contributed by atoms with Crippen LogP contribution in [0.3, 0.4) is 0 Å². The van der Waals surface area contributed by atoms with E-state index in [0.717, 1.165) is 19.4 Å². The third-order valence-electron chi connectivity index (χ3n) is 2.09. The number of hydrogen-bond donors (Lipinski definition) is 0. The molecule has 0 N–H and O–H groups in total. The van der Waals surface area contributed by atoms with Gasteiger partial charge >= 0.3 is 0 Å². The van der Waals surface area contributed by atoms with E-state index >= 15 is 0 Å². The molecule has 9 heavy (non-hydrogen) atoms. The van der Waals surface area contributed by atoms with E-state index in [-0.39, 0.29) is 6.10 Å². The summed E-state index contributed by atoms with van der Waals surface area (Å²) in [7, 11) is 0. The second-order valence-electron chi connectivity index (χ2n) is 2.71. The van der Waals surface area contributed by atoms with Gasteiger partial charge in [-0.1, -0.05) is 23.2 Å². The summed E-state index contributed by atoms with van der Waals surface area (Å²) in [6, 6.07) is 0. The monoisotopic (exact) mass is 166 g/mol. The summed E-state index contributed by atoms with van der Waals surface area (Å²) in [4.78, 5) is 0. The molecule has 1 nitrogen and oxygen atoms in total. The van der Waals surface area contributed by atoms with E-state index < -0.39 is 4.33 Å². The molecule has 0 bridgehead atoms. The van der Waals surface area contributed by atoms with E-state index in [1.807, 2.05) is 0 Å². The van der Waals surface area contributed by atoms with Crippen LogP contribution in [0.4, 0.5) is 0 Å². The second-order valence-corrected chi connectivity index (χ2v) is 4.16. The Kier molecular flexibility index (Phi) is 1.24. The topological polar surface area (TPSA) is 9.23 Å². The number of hydrogen-bond acceptors (Lipinski definition) is 1. The Labute approximate surface area is 64.3 Å². The van der Waals surface area contributed by atoms with E-state index in [4.69, 9.17) is 27.9 Å². The van der Waals surface area contributed by atoms with Gasteiger partial charge in [0.15, 0.2) is 0 Å². The van der Waals surface area contributed by atoms with E-state index in [1.54, 1.807) is 0 Å². The Balaban J connectivity index is 2.06. The van der Waals surface area contributed by atoms with Crippen LogP contribution in [0.2, 0.25) is 0 Å². The molecule has 0 spiro atoms. The molecule has 2 fully saturated rings. The summed E-state index contributed by atoms with van der Waals surface area (Å²) < 4.78 is 4.77. The molecule has 0 aromatic carbocycles. The van der Waals surface area contributed by atoms with Crippen LogP contribution >= 0.6 is 23.2 Å². The van der Waals surface area contributed by atoms with E-state index in [2.05, 4.69) is 0 Å². The average molecular weight is 167 g/mol. The third-order valence-corrected chi connectivity index (χ3v) is 3.08. The Bertz CT molecular complexity index is 121. The maximum absolute atomic E-state index is 5.85. The van der Waals surface area contributed by atoms with Crippen LogP contribution in [0, 0.1) is 5.92 Å². The largest absolute Gasteiger partial charge is 0.375 e. The van der Waals surface area contributed by atoms with Crippen molar-refractivity contribution in [1.82, 2.24) is 0 Å². The van der Waals surface area contributed by atoms with Gasteiger partial charge in [-0.05, 0) is 12.8 Å². The molecule has 1 heterocycles. The lowest BCUT2D eigenvalue weighted by atomic mass is 10.2. The van der Waals surface area contributed by atoms with Gasteiger partial charge in [0.1, 0.15) is 4.33 Å². The molecule has 1 saturated carbocycles. The first-order valence-electron chi connectivity index (χ1n) is 3.22. The molecule has 0 unspecified atom stereocenters. The van der Waals surface area contributed by atoms with Crippen LogP contribution in [-0.4, -0.2) is 17.0 Å². The van der Waals surface area contributed by atoms with Crippen molar-refractivity contribution in [3.8, 4) is 0 Å². The Morgan fingerprint density at radius 3 is 2.67 bits per heavy atom. The van der Waals surface area contributed by atoms with Crippen LogP contribution in [0.15, 0.2) is 0 Å². The summed E-state index contributed by atoms with van der Waals surface area (Å²) >= 11 is 11.7. The van der Waals surface area contributed by atoms with Gasteiger partial charge in [0.2, 0.25) is 0 Å². The van der Waals surface area contributed by atoms with Crippen molar-refractivity contribution in [1.29, 1.82) is 0 Å². The Morgan fingerprint density at radius 2 is 2.22 bits per heavy atom. The number of halogens is 2. The fourth-order valence-electron chi connectivity index (χ4n) is 1.44. The molecule has 52 valence electrons. The summed E-state index contributed by atoms with van der Waals surface area (Å²) in [5.41, 5.74) is 0. The van der Waals surface area contributed by atoms with Gasteiger partial charge in [0.05, 0.1) is 6.10 Å². The van der Waals surface area contributed by atoms with E-state index in [0.29, 0.717) is 5.92 Å². The SMILES string of the molecule is ClC1(Cl)[C@@H]2OCCC[C@@H]21. The summed E-state index contributed by atoms with van der Waals surface area (Å²) in [5.74, 6) is 0.426. The molecule has 0 aromatic rings. The highest BCUT2D eigenvalue weighted by Gasteiger charge is 2.65. The highest BCUT2D eigenvalue weighted by atomic mass is 35.5. The molecular formula is C6H8Cl2O. The molecule has 0 aromatic heterocycles. The summed E-state index contributed by atoms with van der Waals surface area (Å²) in [6.07, 6.45) is 2.40. The van der Waals surface area contributed by atoms with Gasteiger partial charge in [0.25, 0.3) is 0 Å². The van der Waals surface area contributed by atoms with Gasteiger partial charge in [0, 0.05) is 12.5 Å². The highest BCUT2D eigenvalue weighted by molar-refractivity contribution is 6.51. The first kappa shape index (κ1) is 6.26. The minimum absolute atomic E-state index is 0.148. The molecular weight excluding hydrogens is 159 g/mol. The first-order chi connectivity index (χ1) is 4.23. The number of ether oxygens (including phenoxy) is 1. The fourth-order valence-corrected chi connectivity index (χ4v) is 2.19. The highest BCUT2D eigenvalue weighted by Crippen LogP contribution is 2.59. The first-order valence-corrected chi connectivity index (χ1v) is 3.98. The third kappa shape index (κ3) is 0.787. The van der Waals surface area contributed by atoms with Crippen LogP contribution in [0.25, 0.3) is 0 Å². The minimum Gasteiger partial charge on any atom is -0.375 e. The smallest absolute Gasteiger partial charge is 0.149 e. The molecule has 1 aliphatic heterocycles. The Hall–Kier alpha value is 0.540. The van der Waals surface area contributed by atoms with Crippen molar-refractivity contribution in [3.05, 3.63) is 0 Å². The van der Waals surface area contributed by atoms with Gasteiger partial charge in [-0.25, -0.2) is 0 Å². The zero-order valence-electron chi connectivity index (χ0n) is 4.94. The lowest BCUT2D eigenvalue weighted by Crippen LogP contribution is -2.06. The summed E-state index contributed by atoms with van der Waals surface area (Å²) in [5, 5.41) is 0. The number of fused-ring (bicyclic) bond motifs is 1. The predicted octanol–water partition coefficient (Wildman–Crippen LogP) is 1.97. The van der Waals surface area contributed by atoms with Crippen molar-refractivity contribution in [2.75, 3.05) is 6.61 Å². The molecule has 0 amide bonds. The molecule has 1 aliphatic carbocycles. The summed E-state index contributed by atoms with van der Waals surface area (Å²) in [6.45, 7) is 0.836. The van der Waals surface area contributed by atoms with Gasteiger partial charge < -0.3 is 4.74 Å². The number of rotatable bonds is 0. The van der Waals surface area contributed by atoms with Gasteiger partial charge in [-0.3, -0.25) is 0 Å². The predicted molar refractivity (Wildman–Crippen MR) is 36.9 cm³/mol. The Morgan fingerprint density at radius 1 is 1.44 bits per heavy atom. The molecule has 0 radical (unpaired) electrons. The minimum atomic E-state index is -0.531. The van der Waals surface area contributed by atoms with Crippen LogP contribution in [0.5, 0.6) is 0 Å². The average Bonchev–Trinajstić information content (AvgIpc) is 2.39. The van der Waals surface area contributed by atoms with Crippen molar-refractivity contribution >= 4 is 23.2 Å². The van der Waals surface area contributed by atoms with Crippen molar-refractivity contribution in [2.45, 2.75) is 23.3 Å². The molecule has 1 saturated heterocycles. The van der Waals surface area contributed by atoms with Crippen LogP contribution in [-0.2, 0) is 4.74 Å². The van der Waals surface area contributed by atoms with Crippen molar-refractivity contribution in [3.63, 3.8) is 0 Å². The lowest BCUT2D eigenvalue weighted by molar-refractivity contribution is 0.0791. The molecule has 2 aliphatic rings. The fraction of sp³-hybridized carbons (Fsp3) is 1.00. The second kappa shape index (κ2) is 1.77. The maximum atomic E-state index is 5.85. The number of alkyl halides is 2. The zero-order chi connectivity index (χ0) is 6.48. The quantitative estimate of drug-likeness (QED) is 0.501.